The Morgan fingerprint density at radius 1 is 0.962 bits per heavy atom. The first-order chi connectivity index (χ1) is 12.5. The van der Waals surface area contributed by atoms with Crippen molar-refractivity contribution >= 4 is 23.3 Å². The summed E-state index contributed by atoms with van der Waals surface area (Å²) in [7, 11) is 1.31. The fraction of sp³-hybridized carbons (Fsp3) is 0.300. The van der Waals surface area contributed by atoms with Crippen molar-refractivity contribution in [1.82, 2.24) is 5.32 Å². The van der Waals surface area contributed by atoms with Crippen molar-refractivity contribution < 1.29 is 14.3 Å². The van der Waals surface area contributed by atoms with Crippen LogP contribution < -0.4 is 5.32 Å². The van der Waals surface area contributed by atoms with Crippen molar-refractivity contribution in [3.05, 3.63) is 60.2 Å². The number of rotatable bonds is 7. The Balaban J connectivity index is 2.03. The van der Waals surface area contributed by atoms with E-state index in [1.165, 1.54) is 7.11 Å². The maximum Gasteiger partial charge on any atom is 0.328 e. The molecule has 26 heavy (non-hydrogen) atoms. The van der Waals surface area contributed by atoms with Crippen LogP contribution in [0.1, 0.15) is 30.6 Å². The molecule has 0 aliphatic heterocycles. The molecule has 0 radical (unpaired) electrons. The van der Waals surface area contributed by atoms with Crippen LogP contribution in [0.5, 0.6) is 0 Å². The Labute approximate surface area is 153 Å². The van der Waals surface area contributed by atoms with Gasteiger partial charge in [0.2, 0.25) is 0 Å². The molecule has 6 heteroatoms. The summed E-state index contributed by atoms with van der Waals surface area (Å²) in [5, 5.41) is 11.0. The molecule has 6 nitrogen and oxygen atoms in total. The third kappa shape index (κ3) is 5.81. The minimum atomic E-state index is -0.662. The van der Waals surface area contributed by atoms with Crippen LogP contribution in [0.2, 0.25) is 0 Å². The average Bonchev–Trinajstić information content (AvgIpc) is 2.66. The number of carbonyl (C=O) groups excluding carboxylic acids is 2. The Kier molecular flexibility index (Phi) is 7.02. The number of ether oxygens (including phenoxy) is 1. The lowest BCUT2D eigenvalue weighted by atomic mass is 10.0. The summed E-state index contributed by atoms with van der Waals surface area (Å²) < 4.78 is 4.76. The molecule has 0 spiro atoms. The van der Waals surface area contributed by atoms with E-state index >= 15 is 0 Å². The SMILES string of the molecule is COC(=O)[C@H](CC(C)C)NC(=O)c1ccc(N=Nc2ccccc2)cc1. The Morgan fingerprint density at radius 2 is 1.54 bits per heavy atom. The third-order valence-corrected chi connectivity index (χ3v) is 3.66. The zero-order valence-corrected chi connectivity index (χ0v) is 15.2. The predicted molar refractivity (Wildman–Crippen MR) is 99.8 cm³/mol. The second-order valence-electron chi connectivity index (χ2n) is 6.26. The molecule has 0 aromatic heterocycles. The quantitative estimate of drug-likeness (QED) is 0.591. The number of nitrogens with zero attached hydrogens (tertiary/aromatic N) is 2. The maximum atomic E-state index is 12.4. The molecule has 1 amide bonds. The second-order valence-corrected chi connectivity index (χ2v) is 6.26. The molecular formula is C20H23N3O3. The standard InChI is InChI=1S/C20H23N3O3/c1-14(2)13-18(20(25)26-3)21-19(24)15-9-11-17(12-10-15)23-22-16-7-5-4-6-8-16/h4-12,14,18H,13H2,1-3H3,(H,21,24)/t18-/m0/s1. The minimum absolute atomic E-state index is 0.250. The van der Waals surface area contributed by atoms with Gasteiger partial charge in [-0.1, -0.05) is 32.0 Å². The van der Waals surface area contributed by atoms with Crippen molar-refractivity contribution in [2.45, 2.75) is 26.3 Å². The Morgan fingerprint density at radius 3 is 2.08 bits per heavy atom. The number of carbonyl (C=O) groups is 2. The van der Waals surface area contributed by atoms with Gasteiger partial charge in [0, 0.05) is 5.56 Å². The summed E-state index contributed by atoms with van der Waals surface area (Å²) in [5.41, 5.74) is 1.84. The first-order valence-corrected chi connectivity index (χ1v) is 8.45. The molecule has 0 unspecified atom stereocenters. The highest BCUT2D eigenvalue weighted by Gasteiger charge is 2.23. The molecular weight excluding hydrogens is 330 g/mol. The molecule has 0 aliphatic rings. The molecule has 2 aromatic rings. The third-order valence-electron chi connectivity index (χ3n) is 3.66. The minimum Gasteiger partial charge on any atom is -0.467 e. The second kappa shape index (κ2) is 9.46. The zero-order valence-electron chi connectivity index (χ0n) is 15.2. The Bertz CT molecular complexity index is 756. The lowest BCUT2D eigenvalue weighted by Crippen LogP contribution is -2.42. The molecule has 2 rings (SSSR count). The van der Waals surface area contributed by atoms with Gasteiger partial charge < -0.3 is 10.1 Å². The van der Waals surface area contributed by atoms with Crippen molar-refractivity contribution in [3.63, 3.8) is 0 Å². The number of methoxy groups -OCH3 is 1. The molecule has 0 saturated carbocycles. The van der Waals surface area contributed by atoms with Crippen LogP contribution in [0.15, 0.2) is 64.8 Å². The van der Waals surface area contributed by atoms with E-state index in [0.29, 0.717) is 17.7 Å². The van der Waals surface area contributed by atoms with Crippen molar-refractivity contribution in [1.29, 1.82) is 0 Å². The van der Waals surface area contributed by atoms with E-state index in [9.17, 15) is 9.59 Å². The zero-order chi connectivity index (χ0) is 18.9. The number of nitrogens with one attached hydrogen (secondary N) is 1. The van der Waals surface area contributed by atoms with Gasteiger partial charge in [-0.15, -0.1) is 0 Å². The van der Waals surface area contributed by atoms with E-state index in [0.717, 1.165) is 5.69 Å². The van der Waals surface area contributed by atoms with Crippen molar-refractivity contribution in [2.75, 3.05) is 7.11 Å². The van der Waals surface area contributed by atoms with Crippen LogP contribution in [0.4, 0.5) is 11.4 Å². The van der Waals surface area contributed by atoms with E-state index in [4.69, 9.17) is 4.74 Å². The van der Waals surface area contributed by atoms with Gasteiger partial charge in [0.1, 0.15) is 6.04 Å². The first-order valence-electron chi connectivity index (χ1n) is 8.45. The van der Waals surface area contributed by atoms with E-state index in [1.54, 1.807) is 24.3 Å². The van der Waals surface area contributed by atoms with Crippen LogP contribution >= 0.6 is 0 Å². The predicted octanol–water partition coefficient (Wildman–Crippen LogP) is 4.42. The number of esters is 1. The number of hydrogen-bond donors (Lipinski definition) is 1. The van der Waals surface area contributed by atoms with Gasteiger partial charge in [0.25, 0.3) is 5.91 Å². The van der Waals surface area contributed by atoms with Gasteiger partial charge in [0.05, 0.1) is 18.5 Å². The van der Waals surface area contributed by atoms with Crippen molar-refractivity contribution in [2.24, 2.45) is 16.1 Å². The summed E-state index contributed by atoms with van der Waals surface area (Å²) in [5.74, 6) is -0.520. The van der Waals surface area contributed by atoms with E-state index in [2.05, 4.69) is 15.5 Å². The lowest BCUT2D eigenvalue weighted by Gasteiger charge is -2.18. The Hall–Kier alpha value is -3.02. The molecule has 0 fully saturated rings. The van der Waals surface area contributed by atoms with E-state index < -0.39 is 12.0 Å². The molecule has 2 aromatic carbocycles. The fourth-order valence-corrected chi connectivity index (χ4v) is 2.36. The summed E-state index contributed by atoms with van der Waals surface area (Å²) in [6.45, 7) is 3.96. The van der Waals surface area contributed by atoms with Crippen LogP contribution in [0, 0.1) is 5.92 Å². The summed E-state index contributed by atoms with van der Waals surface area (Å²) in [6, 6.07) is 15.4. The molecule has 0 heterocycles. The number of hydrogen-bond acceptors (Lipinski definition) is 5. The van der Waals surface area contributed by atoms with E-state index in [1.807, 2.05) is 44.2 Å². The normalized spacial score (nSPS) is 12.2. The molecule has 1 atom stereocenters. The molecule has 0 bridgehead atoms. The van der Waals surface area contributed by atoms with Crippen LogP contribution in [-0.4, -0.2) is 25.0 Å². The maximum absolute atomic E-state index is 12.4. The molecule has 0 aliphatic carbocycles. The van der Waals surface area contributed by atoms with Crippen LogP contribution in [0.25, 0.3) is 0 Å². The smallest absolute Gasteiger partial charge is 0.328 e. The number of azo groups is 1. The topological polar surface area (TPSA) is 80.1 Å². The number of benzene rings is 2. The highest BCUT2D eigenvalue weighted by molar-refractivity contribution is 5.97. The summed E-state index contributed by atoms with van der Waals surface area (Å²) in [4.78, 5) is 24.2. The highest BCUT2D eigenvalue weighted by Crippen LogP contribution is 2.18. The lowest BCUT2D eigenvalue weighted by molar-refractivity contribution is -0.143. The first kappa shape index (κ1) is 19.3. The number of amides is 1. The van der Waals surface area contributed by atoms with Crippen LogP contribution in [0.3, 0.4) is 0 Å². The van der Waals surface area contributed by atoms with Gasteiger partial charge in [0.15, 0.2) is 0 Å². The van der Waals surface area contributed by atoms with Gasteiger partial charge in [-0.3, -0.25) is 4.79 Å². The average molecular weight is 353 g/mol. The van der Waals surface area contributed by atoms with Crippen LogP contribution in [-0.2, 0) is 9.53 Å². The van der Waals surface area contributed by atoms with E-state index in [-0.39, 0.29) is 11.8 Å². The summed E-state index contributed by atoms with van der Waals surface area (Å²) in [6.07, 6.45) is 0.516. The summed E-state index contributed by atoms with van der Waals surface area (Å²) >= 11 is 0. The fourth-order valence-electron chi connectivity index (χ4n) is 2.36. The van der Waals surface area contributed by atoms with Crippen molar-refractivity contribution in [3.8, 4) is 0 Å². The molecule has 136 valence electrons. The molecule has 1 N–H and O–H groups in total. The molecule has 0 saturated heterocycles. The largest absolute Gasteiger partial charge is 0.467 e. The van der Waals surface area contributed by atoms with Gasteiger partial charge in [-0.25, -0.2) is 4.79 Å². The van der Waals surface area contributed by atoms with Gasteiger partial charge in [-0.05, 0) is 48.7 Å². The monoisotopic (exact) mass is 353 g/mol. The highest BCUT2D eigenvalue weighted by atomic mass is 16.5. The van der Waals surface area contributed by atoms with Gasteiger partial charge in [-0.2, -0.15) is 10.2 Å². The van der Waals surface area contributed by atoms with Gasteiger partial charge >= 0.3 is 5.97 Å².